The predicted octanol–water partition coefficient (Wildman–Crippen LogP) is 2.87. The lowest BCUT2D eigenvalue weighted by Crippen LogP contribution is -2.26. The summed E-state index contributed by atoms with van der Waals surface area (Å²) in [6.07, 6.45) is 0. The number of nitrogens with zero attached hydrogens (tertiary/aromatic N) is 1. The van der Waals surface area contributed by atoms with E-state index < -0.39 is 20.6 Å². The molecule has 0 saturated heterocycles. The predicted molar refractivity (Wildman–Crippen MR) is 88.8 cm³/mol. The fourth-order valence-corrected chi connectivity index (χ4v) is 4.64. The van der Waals surface area contributed by atoms with Crippen molar-refractivity contribution >= 4 is 38.8 Å². The lowest BCUT2D eigenvalue weighted by molar-refractivity contribution is -0.387. The minimum Gasteiger partial charge on any atom is -0.258 e. The van der Waals surface area contributed by atoms with Crippen LogP contribution in [0.15, 0.2) is 46.0 Å². The van der Waals surface area contributed by atoms with E-state index >= 15 is 0 Å². The smallest absolute Gasteiger partial charge is 0.258 e. The van der Waals surface area contributed by atoms with Gasteiger partial charge in [0.2, 0.25) is 10.0 Å². The van der Waals surface area contributed by atoms with E-state index in [0.29, 0.717) is 5.75 Å². The largest absolute Gasteiger partial charge is 0.289 e. The van der Waals surface area contributed by atoms with Crippen LogP contribution >= 0.6 is 23.1 Å². The van der Waals surface area contributed by atoms with Crippen LogP contribution in [0.4, 0.5) is 5.69 Å². The fourth-order valence-electron chi connectivity index (χ4n) is 1.73. The van der Waals surface area contributed by atoms with Gasteiger partial charge in [0.25, 0.3) is 5.69 Å². The average Bonchev–Trinajstić information content (AvgIpc) is 3.00. The number of nitrogens with one attached hydrogen (secondary N) is 1. The Kier molecular flexibility index (Phi) is 5.95. The molecule has 0 bridgehead atoms. The highest BCUT2D eigenvalue weighted by atomic mass is 32.2. The molecule has 0 spiro atoms. The Morgan fingerprint density at radius 3 is 2.73 bits per heavy atom. The van der Waals surface area contributed by atoms with Crippen LogP contribution in [-0.4, -0.2) is 25.6 Å². The van der Waals surface area contributed by atoms with Crippen molar-refractivity contribution in [2.75, 3.05) is 12.3 Å². The normalized spacial score (nSPS) is 11.5. The van der Waals surface area contributed by atoms with Crippen molar-refractivity contribution in [1.29, 1.82) is 0 Å². The highest BCUT2D eigenvalue weighted by Crippen LogP contribution is 2.22. The first-order valence-electron chi connectivity index (χ1n) is 6.32. The summed E-state index contributed by atoms with van der Waals surface area (Å²) in [6.45, 7) is 0.225. The molecule has 0 atom stereocenters. The number of rotatable bonds is 8. The van der Waals surface area contributed by atoms with E-state index in [4.69, 9.17) is 0 Å². The van der Waals surface area contributed by atoms with Gasteiger partial charge in [-0.2, -0.15) is 23.1 Å². The fraction of sp³-hybridized carbons (Fsp3) is 0.231. The van der Waals surface area contributed by atoms with Crippen molar-refractivity contribution < 1.29 is 13.3 Å². The standard InChI is InChI=1S/C13H14N2O4S3/c16-15(17)12-3-1-2-4-13(12)22(18,19)14-6-8-21-10-11-5-7-20-9-11/h1-5,7,9,14H,6,8,10H2. The minimum atomic E-state index is -3.87. The Morgan fingerprint density at radius 1 is 1.27 bits per heavy atom. The number of para-hydroxylation sites is 1. The van der Waals surface area contributed by atoms with Crippen LogP contribution in [0, 0.1) is 10.1 Å². The molecule has 1 aromatic carbocycles. The Labute approximate surface area is 136 Å². The van der Waals surface area contributed by atoms with E-state index in [1.54, 1.807) is 23.1 Å². The maximum Gasteiger partial charge on any atom is 0.289 e. The number of nitro groups is 1. The monoisotopic (exact) mass is 358 g/mol. The molecule has 0 aliphatic carbocycles. The molecule has 9 heteroatoms. The Bertz CT molecular complexity index is 730. The number of thiophene rings is 1. The number of benzene rings is 1. The zero-order valence-electron chi connectivity index (χ0n) is 11.5. The Morgan fingerprint density at radius 2 is 2.05 bits per heavy atom. The molecule has 6 nitrogen and oxygen atoms in total. The summed E-state index contributed by atoms with van der Waals surface area (Å²) in [5, 5.41) is 14.9. The molecule has 2 rings (SSSR count). The first-order chi connectivity index (χ1) is 10.5. The van der Waals surface area contributed by atoms with Crippen LogP contribution in [0.25, 0.3) is 0 Å². The van der Waals surface area contributed by atoms with Crippen molar-refractivity contribution in [2.24, 2.45) is 0 Å². The summed E-state index contributed by atoms with van der Waals surface area (Å²) in [6, 6.07) is 7.34. The summed E-state index contributed by atoms with van der Waals surface area (Å²) in [4.78, 5) is 9.89. The van der Waals surface area contributed by atoms with E-state index in [9.17, 15) is 18.5 Å². The number of thioether (sulfide) groups is 1. The number of nitro benzene ring substituents is 1. The van der Waals surface area contributed by atoms with Crippen LogP contribution in [0.2, 0.25) is 0 Å². The van der Waals surface area contributed by atoms with E-state index in [1.807, 2.05) is 16.8 Å². The summed E-state index contributed by atoms with van der Waals surface area (Å²) in [5.74, 6) is 1.41. The van der Waals surface area contributed by atoms with Gasteiger partial charge in [0, 0.05) is 24.1 Å². The first kappa shape index (κ1) is 16.9. The lowest BCUT2D eigenvalue weighted by atomic mass is 10.3. The van der Waals surface area contributed by atoms with Crippen LogP contribution in [0.3, 0.4) is 0 Å². The van der Waals surface area contributed by atoms with Crippen molar-refractivity contribution in [3.05, 3.63) is 56.8 Å². The second kappa shape index (κ2) is 7.73. The molecule has 1 heterocycles. The van der Waals surface area contributed by atoms with Crippen molar-refractivity contribution in [3.63, 3.8) is 0 Å². The van der Waals surface area contributed by atoms with Gasteiger partial charge in [-0.05, 0) is 28.5 Å². The van der Waals surface area contributed by atoms with Gasteiger partial charge in [0.15, 0.2) is 4.90 Å². The third-order valence-corrected chi connectivity index (χ3v) is 6.01. The summed E-state index contributed by atoms with van der Waals surface area (Å²) in [5.41, 5.74) is 0.789. The summed E-state index contributed by atoms with van der Waals surface area (Å²) in [7, 11) is -3.87. The molecular weight excluding hydrogens is 344 g/mol. The Balaban J connectivity index is 1.90. The zero-order valence-corrected chi connectivity index (χ0v) is 13.9. The molecule has 0 unspecified atom stereocenters. The molecule has 1 aromatic heterocycles. The molecule has 0 aliphatic rings. The van der Waals surface area contributed by atoms with Crippen molar-refractivity contribution in [3.8, 4) is 0 Å². The summed E-state index contributed by atoms with van der Waals surface area (Å²) >= 11 is 3.22. The summed E-state index contributed by atoms with van der Waals surface area (Å²) < 4.78 is 26.7. The quantitative estimate of drug-likeness (QED) is 0.445. The second-order valence-electron chi connectivity index (χ2n) is 4.31. The van der Waals surface area contributed by atoms with Crippen molar-refractivity contribution in [2.45, 2.75) is 10.6 Å². The highest BCUT2D eigenvalue weighted by molar-refractivity contribution is 7.98. The number of sulfonamides is 1. The molecule has 22 heavy (non-hydrogen) atoms. The number of hydrogen-bond acceptors (Lipinski definition) is 6. The highest BCUT2D eigenvalue weighted by Gasteiger charge is 2.24. The topological polar surface area (TPSA) is 89.3 Å². The first-order valence-corrected chi connectivity index (χ1v) is 9.90. The second-order valence-corrected chi connectivity index (χ2v) is 7.93. The average molecular weight is 358 g/mol. The molecule has 118 valence electrons. The van der Waals surface area contributed by atoms with Crippen LogP contribution in [0.5, 0.6) is 0 Å². The zero-order chi connectivity index (χ0) is 16.0. The molecular formula is C13H14N2O4S3. The van der Waals surface area contributed by atoms with E-state index in [1.165, 1.54) is 29.8 Å². The Hall–Kier alpha value is -1.42. The SMILES string of the molecule is O=[N+]([O-])c1ccccc1S(=O)(=O)NCCSCc1ccsc1. The van der Waals surface area contributed by atoms with Gasteiger partial charge in [0.05, 0.1) is 4.92 Å². The molecule has 0 saturated carbocycles. The molecule has 2 aromatic rings. The van der Waals surface area contributed by atoms with Gasteiger partial charge in [0.1, 0.15) is 0 Å². The third kappa shape index (κ3) is 4.54. The van der Waals surface area contributed by atoms with Gasteiger partial charge < -0.3 is 0 Å². The molecule has 1 N–H and O–H groups in total. The lowest BCUT2D eigenvalue weighted by Gasteiger charge is -2.07. The van der Waals surface area contributed by atoms with Crippen molar-refractivity contribution in [1.82, 2.24) is 4.72 Å². The molecule has 0 aliphatic heterocycles. The minimum absolute atomic E-state index is 0.225. The van der Waals surface area contributed by atoms with Gasteiger partial charge in [-0.15, -0.1) is 0 Å². The number of hydrogen-bond donors (Lipinski definition) is 1. The van der Waals surface area contributed by atoms with E-state index in [-0.39, 0.29) is 11.4 Å². The maximum atomic E-state index is 12.1. The van der Waals surface area contributed by atoms with Crippen LogP contribution < -0.4 is 4.72 Å². The third-order valence-electron chi connectivity index (χ3n) is 2.74. The van der Waals surface area contributed by atoms with Gasteiger partial charge >= 0.3 is 0 Å². The van der Waals surface area contributed by atoms with Gasteiger partial charge in [-0.25, -0.2) is 13.1 Å². The van der Waals surface area contributed by atoms with Crippen LogP contribution in [0.1, 0.15) is 5.56 Å². The molecule has 0 radical (unpaired) electrons. The van der Waals surface area contributed by atoms with Crippen LogP contribution in [-0.2, 0) is 15.8 Å². The van der Waals surface area contributed by atoms with Gasteiger partial charge in [-0.1, -0.05) is 12.1 Å². The van der Waals surface area contributed by atoms with Gasteiger partial charge in [-0.3, -0.25) is 10.1 Å². The van der Waals surface area contributed by atoms with E-state index in [0.717, 1.165) is 5.75 Å². The maximum absolute atomic E-state index is 12.1. The molecule has 0 fully saturated rings. The van der Waals surface area contributed by atoms with E-state index in [2.05, 4.69) is 4.72 Å². The molecule has 0 amide bonds.